The van der Waals surface area contributed by atoms with E-state index >= 15 is 0 Å². The van der Waals surface area contributed by atoms with Gasteiger partial charge in [-0.15, -0.1) is 11.8 Å². The molecule has 0 aliphatic heterocycles. The fraction of sp³-hybridized carbons (Fsp3) is 0.143. The Labute approximate surface area is 142 Å². The van der Waals surface area contributed by atoms with Crippen LogP contribution in [0.3, 0.4) is 0 Å². The molecule has 0 fully saturated rings. The summed E-state index contributed by atoms with van der Waals surface area (Å²) in [4.78, 5) is 1.28. The zero-order valence-electron chi connectivity index (χ0n) is 13.2. The van der Waals surface area contributed by atoms with Crippen molar-refractivity contribution < 1.29 is 4.74 Å². The lowest BCUT2D eigenvalue weighted by atomic mass is 10.0. The van der Waals surface area contributed by atoms with E-state index in [4.69, 9.17) is 4.74 Å². The lowest BCUT2D eigenvalue weighted by molar-refractivity contribution is 0.414. The molecule has 0 amide bonds. The molecule has 3 aromatic carbocycles. The molecule has 0 aliphatic carbocycles. The molecule has 0 saturated heterocycles. The smallest absolute Gasteiger partial charge is 0.118 e. The van der Waals surface area contributed by atoms with Crippen molar-refractivity contribution in [2.45, 2.75) is 11.3 Å². The molecule has 0 atom stereocenters. The molecular formula is C21H20OS. The van der Waals surface area contributed by atoms with E-state index in [1.165, 1.54) is 21.6 Å². The van der Waals surface area contributed by atoms with Crippen molar-refractivity contribution in [2.24, 2.45) is 0 Å². The summed E-state index contributed by atoms with van der Waals surface area (Å²) in [6.45, 7) is 0. The predicted molar refractivity (Wildman–Crippen MR) is 99.3 cm³/mol. The van der Waals surface area contributed by atoms with E-state index in [9.17, 15) is 0 Å². The number of ether oxygens (including phenoxy) is 1. The van der Waals surface area contributed by atoms with Crippen LogP contribution in [0, 0.1) is 0 Å². The predicted octanol–water partition coefficient (Wildman–Crippen LogP) is 5.70. The fourth-order valence-electron chi connectivity index (χ4n) is 2.45. The molecule has 116 valence electrons. The lowest BCUT2D eigenvalue weighted by Gasteiger charge is -2.06. The molecule has 0 N–H and O–H groups in total. The van der Waals surface area contributed by atoms with Crippen molar-refractivity contribution in [3.8, 4) is 16.9 Å². The summed E-state index contributed by atoms with van der Waals surface area (Å²) >= 11 is 1.88. The number of hydrogen-bond acceptors (Lipinski definition) is 2. The molecule has 0 saturated carbocycles. The lowest BCUT2D eigenvalue weighted by Crippen LogP contribution is -1.89. The Hall–Kier alpha value is -2.19. The minimum atomic E-state index is 0.908. The third-order valence-corrected chi connectivity index (χ3v) is 4.79. The van der Waals surface area contributed by atoms with Crippen LogP contribution in [0.1, 0.15) is 5.56 Å². The van der Waals surface area contributed by atoms with Crippen molar-refractivity contribution >= 4 is 11.8 Å². The molecule has 0 radical (unpaired) electrons. The summed E-state index contributed by atoms with van der Waals surface area (Å²) in [5.41, 5.74) is 3.93. The highest BCUT2D eigenvalue weighted by molar-refractivity contribution is 7.99. The highest BCUT2D eigenvalue weighted by Crippen LogP contribution is 2.23. The summed E-state index contributed by atoms with van der Waals surface area (Å²) < 4.78 is 5.18. The molecule has 3 rings (SSSR count). The van der Waals surface area contributed by atoms with Gasteiger partial charge >= 0.3 is 0 Å². The van der Waals surface area contributed by atoms with Crippen LogP contribution in [0.15, 0.2) is 83.8 Å². The zero-order valence-corrected chi connectivity index (χ0v) is 14.1. The Kier molecular flexibility index (Phi) is 5.38. The summed E-state index contributed by atoms with van der Waals surface area (Å²) in [6, 6.07) is 27.6. The van der Waals surface area contributed by atoms with Crippen LogP contribution < -0.4 is 4.74 Å². The summed E-state index contributed by atoms with van der Waals surface area (Å²) in [7, 11) is 1.70. The van der Waals surface area contributed by atoms with Gasteiger partial charge in [0.1, 0.15) is 5.75 Å². The Morgan fingerprint density at radius 3 is 2.04 bits per heavy atom. The first-order valence-electron chi connectivity index (χ1n) is 7.76. The first-order valence-corrected chi connectivity index (χ1v) is 8.75. The van der Waals surface area contributed by atoms with Gasteiger partial charge in [-0.05, 0) is 47.4 Å². The highest BCUT2D eigenvalue weighted by atomic mass is 32.2. The van der Waals surface area contributed by atoms with Gasteiger partial charge in [0, 0.05) is 10.6 Å². The van der Waals surface area contributed by atoms with Crippen LogP contribution in [-0.4, -0.2) is 12.9 Å². The van der Waals surface area contributed by atoms with Gasteiger partial charge in [0.25, 0.3) is 0 Å². The van der Waals surface area contributed by atoms with Gasteiger partial charge in [-0.1, -0.05) is 54.6 Å². The second-order valence-electron chi connectivity index (χ2n) is 5.34. The third-order valence-electron chi connectivity index (χ3n) is 3.78. The first kappa shape index (κ1) is 15.7. The van der Waals surface area contributed by atoms with Crippen LogP contribution in [0.2, 0.25) is 0 Å². The number of hydrogen-bond donors (Lipinski definition) is 0. The molecule has 23 heavy (non-hydrogen) atoms. The topological polar surface area (TPSA) is 9.23 Å². The maximum Gasteiger partial charge on any atom is 0.118 e. The van der Waals surface area contributed by atoms with Gasteiger partial charge in [-0.25, -0.2) is 0 Å². The number of rotatable bonds is 6. The molecular weight excluding hydrogens is 300 g/mol. The van der Waals surface area contributed by atoms with E-state index in [-0.39, 0.29) is 0 Å². The van der Waals surface area contributed by atoms with E-state index in [1.54, 1.807) is 7.11 Å². The molecule has 0 bridgehead atoms. The van der Waals surface area contributed by atoms with Gasteiger partial charge in [-0.3, -0.25) is 0 Å². The van der Waals surface area contributed by atoms with Crippen molar-refractivity contribution in [2.75, 3.05) is 12.9 Å². The number of methoxy groups -OCH3 is 1. The molecule has 0 spiro atoms. The monoisotopic (exact) mass is 320 g/mol. The van der Waals surface area contributed by atoms with E-state index in [0.717, 1.165) is 17.9 Å². The van der Waals surface area contributed by atoms with Crippen molar-refractivity contribution in [3.63, 3.8) is 0 Å². The minimum Gasteiger partial charge on any atom is -0.497 e. The molecule has 0 aromatic heterocycles. The van der Waals surface area contributed by atoms with Crippen LogP contribution in [-0.2, 0) is 6.42 Å². The molecule has 2 heteroatoms. The van der Waals surface area contributed by atoms with Crippen LogP contribution in [0.25, 0.3) is 11.1 Å². The summed E-state index contributed by atoms with van der Waals surface area (Å²) in [5.74, 6) is 1.99. The van der Waals surface area contributed by atoms with E-state index in [0.29, 0.717) is 0 Å². The second-order valence-corrected chi connectivity index (χ2v) is 6.51. The molecule has 0 heterocycles. The van der Waals surface area contributed by atoms with Gasteiger partial charge in [0.2, 0.25) is 0 Å². The Bertz CT molecular complexity index is 718. The minimum absolute atomic E-state index is 0.908. The average Bonchev–Trinajstić information content (AvgIpc) is 2.64. The van der Waals surface area contributed by atoms with Crippen molar-refractivity contribution in [3.05, 3.63) is 84.4 Å². The average molecular weight is 320 g/mol. The number of thioether (sulfide) groups is 1. The van der Waals surface area contributed by atoms with Crippen LogP contribution >= 0.6 is 11.8 Å². The zero-order chi connectivity index (χ0) is 15.9. The summed E-state index contributed by atoms with van der Waals surface area (Å²) in [6.07, 6.45) is 1.08. The molecule has 0 unspecified atom stereocenters. The van der Waals surface area contributed by atoms with Gasteiger partial charge in [0.15, 0.2) is 0 Å². The number of aryl methyl sites for hydroxylation is 1. The fourth-order valence-corrected chi connectivity index (χ4v) is 3.36. The Morgan fingerprint density at radius 2 is 1.39 bits per heavy atom. The summed E-state index contributed by atoms with van der Waals surface area (Å²) in [5, 5.41) is 0. The number of benzene rings is 3. The van der Waals surface area contributed by atoms with Crippen LogP contribution in [0.5, 0.6) is 5.75 Å². The maximum atomic E-state index is 5.18. The second kappa shape index (κ2) is 7.89. The molecule has 1 nitrogen and oxygen atoms in total. The van der Waals surface area contributed by atoms with E-state index in [2.05, 4.69) is 60.7 Å². The molecule has 3 aromatic rings. The van der Waals surface area contributed by atoms with Crippen LogP contribution in [0.4, 0.5) is 0 Å². The first-order chi connectivity index (χ1) is 11.3. The quantitative estimate of drug-likeness (QED) is 0.539. The largest absolute Gasteiger partial charge is 0.497 e. The standard InChI is InChI=1S/C21H20OS/c1-22-20-11-13-21(14-12-20)23-16-15-17-7-9-19(10-8-17)18-5-3-2-4-6-18/h2-14H,15-16H2,1H3. The van der Waals surface area contributed by atoms with E-state index < -0.39 is 0 Å². The van der Waals surface area contributed by atoms with Gasteiger partial charge in [-0.2, -0.15) is 0 Å². The van der Waals surface area contributed by atoms with Crippen molar-refractivity contribution in [1.29, 1.82) is 0 Å². The highest BCUT2D eigenvalue weighted by Gasteiger charge is 1.99. The molecule has 0 aliphatic rings. The third kappa shape index (κ3) is 4.40. The normalized spacial score (nSPS) is 10.5. The maximum absolute atomic E-state index is 5.18. The van der Waals surface area contributed by atoms with Crippen molar-refractivity contribution in [1.82, 2.24) is 0 Å². The van der Waals surface area contributed by atoms with E-state index in [1.807, 2.05) is 30.0 Å². The Morgan fingerprint density at radius 1 is 0.739 bits per heavy atom. The van der Waals surface area contributed by atoms with Gasteiger partial charge < -0.3 is 4.74 Å². The Balaban J connectivity index is 1.54. The van der Waals surface area contributed by atoms with Gasteiger partial charge in [0.05, 0.1) is 7.11 Å². The SMILES string of the molecule is COc1ccc(SCCc2ccc(-c3ccccc3)cc2)cc1.